The summed E-state index contributed by atoms with van der Waals surface area (Å²) in [6.07, 6.45) is 1.73. The van der Waals surface area contributed by atoms with Gasteiger partial charge in [-0.15, -0.1) is 23.7 Å². The molecule has 7 heteroatoms. The molecular weight excluding hydrogens is 262 g/mol. The molecular formula is C10H10ClN3O2S. The van der Waals surface area contributed by atoms with Gasteiger partial charge in [-0.2, -0.15) is 0 Å². The third-order valence-corrected chi connectivity index (χ3v) is 3.16. The van der Waals surface area contributed by atoms with Crippen molar-refractivity contribution in [1.29, 1.82) is 0 Å². The molecule has 0 amide bonds. The normalized spacial score (nSPS) is 9.71. The molecule has 0 bridgehead atoms. The highest BCUT2D eigenvalue weighted by molar-refractivity contribution is 7.15. The van der Waals surface area contributed by atoms with Gasteiger partial charge in [0.1, 0.15) is 5.01 Å². The lowest BCUT2D eigenvalue weighted by atomic mass is 10.2. The number of thiazole rings is 1. The molecule has 0 radical (unpaired) electrons. The van der Waals surface area contributed by atoms with Gasteiger partial charge < -0.3 is 5.73 Å². The Morgan fingerprint density at radius 2 is 2.00 bits per heavy atom. The lowest BCUT2D eigenvalue weighted by Crippen LogP contribution is -1.93. The first-order chi connectivity index (χ1) is 7.70. The maximum absolute atomic E-state index is 10.5. The van der Waals surface area contributed by atoms with Crippen molar-refractivity contribution >= 4 is 29.4 Å². The van der Waals surface area contributed by atoms with Crippen molar-refractivity contribution in [3.63, 3.8) is 0 Å². The highest BCUT2D eigenvalue weighted by atomic mass is 35.5. The zero-order valence-electron chi connectivity index (χ0n) is 8.70. The monoisotopic (exact) mass is 271 g/mol. The Bertz CT molecular complexity index is 513. The zero-order valence-corrected chi connectivity index (χ0v) is 10.3. The molecule has 17 heavy (non-hydrogen) atoms. The molecule has 0 aliphatic carbocycles. The van der Waals surface area contributed by atoms with E-state index in [0.29, 0.717) is 6.54 Å². The smallest absolute Gasteiger partial charge is 0.269 e. The number of nitrogens with zero attached hydrogens (tertiary/aromatic N) is 2. The van der Waals surface area contributed by atoms with E-state index < -0.39 is 4.92 Å². The second-order valence-corrected chi connectivity index (χ2v) is 4.24. The highest BCUT2D eigenvalue weighted by Gasteiger charge is 2.07. The molecule has 0 spiro atoms. The lowest BCUT2D eigenvalue weighted by molar-refractivity contribution is -0.384. The molecule has 5 nitrogen and oxygen atoms in total. The largest absolute Gasteiger partial charge is 0.325 e. The number of rotatable bonds is 3. The van der Waals surface area contributed by atoms with Gasteiger partial charge in [0.15, 0.2) is 0 Å². The minimum absolute atomic E-state index is 0. The van der Waals surface area contributed by atoms with Gasteiger partial charge in [-0.25, -0.2) is 4.98 Å². The third-order valence-electron chi connectivity index (χ3n) is 2.09. The number of non-ortho nitro benzene ring substituents is 1. The summed E-state index contributed by atoms with van der Waals surface area (Å²) in [4.78, 5) is 15.2. The van der Waals surface area contributed by atoms with Crippen LogP contribution in [0.15, 0.2) is 30.5 Å². The minimum atomic E-state index is -0.415. The third kappa shape index (κ3) is 3.00. The molecule has 0 fully saturated rings. The van der Waals surface area contributed by atoms with Crippen LogP contribution in [0.5, 0.6) is 0 Å². The summed E-state index contributed by atoms with van der Waals surface area (Å²) >= 11 is 1.49. The topological polar surface area (TPSA) is 82.0 Å². The first-order valence-corrected chi connectivity index (χ1v) is 5.42. The maximum atomic E-state index is 10.5. The van der Waals surface area contributed by atoms with Gasteiger partial charge in [0, 0.05) is 24.9 Å². The van der Waals surface area contributed by atoms with E-state index in [1.54, 1.807) is 18.3 Å². The molecule has 90 valence electrons. The minimum Gasteiger partial charge on any atom is -0.325 e. The molecule has 2 rings (SSSR count). The molecule has 0 atom stereocenters. The quantitative estimate of drug-likeness (QED) is 0.687. The van der Waals surface area contributed by atoms with Gasteiger partial charge in [0.25, 0.3) is 5.69 Å². The Kier molecular flexibility index (Phi) is 4.56. The second-order valence-electron chi connectivity index (χ2n) is 3.13. The number of nitro benzene ring substituents is 1. The van der Waals surface area contributed by atoms with Crippen LogP contribution >= 0.6 is 23.7 Å². The van der Waals surface area contributed by atoms with Gasteiger partial charge in [0.2, 0.25) is 0 Å². The lowest BCUT2D eigenvalue weighted by Gasteiger charge is -1.95. The van der Waals surface area contributed by atoms with Gasteiger partial charge in [0.05, 0.1) is 9.80 Å². The standard InChI is InChI=1S/C10H9N3O2S.ClH/c11-5-10-12-6-9(16-10)7-1-3-8(4-2-7)13(14)15;/h1-4,6H,5,11H2;1H. The van der Waals surface area contributed by atoms with Crippen molar-refractivity contribution in [3.8, 4) is 10.4 Å². The zero-order chi connectivity index (χ0) is 11.5. The van der Waals surface area contributed by atoms with Crippen LogP contribution in [0.1, 0.15) is 5.01 Å². The number of nitro groups is 1. The van der Waals surface area contributed by atoms with Crippen LogP contribution in [0.25, 0.3) is 10.4 Å². The van der Waals surface area contributed by atoms with Gasteiger partial charge >= 0.3 is 0 Å². The summed E-state index contributed by atoms with van der Waals surface area (Å²) in [6.45, 7) is 0.414. The Hall–Kier alpha value is -1.50. The van der Waals surface area contributed by atoms with Gasteiger partial charge in [-0.3, -0.25) is 10.1 Å². The van der Waals surface area contributed by atoms with Crippen molar-refractivity contribution in [2.45, 2.75) is 6.54 Å². The molecule has 0 aliphatic heterocycles. The fourth-order valence-electron chi connectivity index (χ4n) is 1.29. The van der Waals surface area contributed by atoms with Crippen molar-refractivity contribution in [3.05, 3.63) is 45.6 Å². The Morgan fingerprint density at radius 3 is 2.47 bits per heavy atom. The van der Waals surface area contributed by atoms with Crippen LogP contribution in [0.2, 0.25) is 0 Å². The Balaban J connectivity index is 0.00000144. The van der Waals surface area contributed by atoms with E-state index in [1.807, 2.05) is 0 Å². The summed E-state index contributed by atoms with van der Waals surface area (Å²) < 4.78 is 0. The van der Waals surface area contributed by atoms with E-state index in [4.69, 9.17) is 5.73 Å². The summed E-state index contributed by atoms with van der Waals surface area (Å²) in [5.41, 5.74) is 6.47. The van der Waals surface area contributed by atoms with Gasteiger partial charge in [-0.05, 0) is 17.7 Å². The molecule has 0 aliphatic rings. The summed E-state index contributed by atoms with van der Waals surface area (Å²) in [5, 5.41) is 11.3. The van der Waals surface area contributed by atoms with Crippen LogP contribution < -0.4 is 5.73 Å². The Labute approximate surface area is 108 Å². The molecule has 2 aromatic rings. The van der Waals surface area contributed by atoms with Crippen molar-refractivity contribution in [2.24, 2.45) is 5.73 Å². The number of aromatic nitrogens is 1. The maximum Gasteiger partial charge on any atom is 0.269 e. The van der Waals surface area contributed by atoms with E-state index >= 15 is 0 Å². The molecule has 0 unspecified atom stereocenters. The fourth-order valence-corrected chi connectivity index (χ4v) is 2.09. The van der Waals surface area contributed by atoms with E-state index in [-0.39, 0.29) is 18.1 Å². The highest BCUT2D eigenvalue weighted by Crippen LogP contribution is 2.27. The molecule has 1 heterocycles. The summed E-state index contributed by atoms with van der Waals surface area (Å²) in [7, 11) is 0. The average molecular weight is 272 g/mol. The molecule has 1 aromatic carbocycles. The Morgan fingerprint density at radius 1 is 1.35 bits per heavy atom. The van der Waals surface area contributed by atoms with E-state index in [0.717, 1.165) is 15.4 Å². The van der Waals surface area contributed by atoms with E-state index in [9.17, 15) is 10.1 Å². The first-order valence-electron chi connectivity index (χ1n) is 4.60. The summed E-state index contributed by atoms with van der Waals surface area (Å²) in [6, 6.07) is 6.40. The van der Waals surface area contributed by atoms with Crippen molar-refractivity contribution in [2.75, 3.05) is 0 Å². The van der Waals surface area contributed by atoms with Crippen LogP contribution in [0.4, 0.5) is 5.69 Å². The average Bonchev–Trinajstić information content (AvgIpc) is 2.77. The SMILES string of the molecule is Cl.NCc1ncc(-c2ccc([N+](=O)[O-])cc2)s1. The van der Waals surface area contributed by atoms with E-state index in [2.05, 4.69) is 4.98 Å². The molecule has 0 saturated carbocycles. The number of hydrogen-bond donors (Lipinski definition) is 1. The number of hydrogen-bond acceptors (Lipinski definition) is 5. The van der Waals surface area contributed by atoms with Crippen LogP contribution in [-0.4, -0.2) is 9.91 Å². The molecule has 2 N–H and O–H groups in total. The van der Waals surface area contributed by atoms with Gasteiger partial charge in [-0.1, -0.05) is 0 Å². The predicted octanol–water partition coefficient (Wildman–Crippen LogP) is 2.60. The molecule has 0 saturated heterocycles. The predicted molar refractivity (Wildman–Crippen MR) is 69.3 cm³/mol. The van der Waals surface area contributed by atoms with Crippen molar-refractivity contribution < 1.29 is 4.92 Å². The van der Waals surface area contributed by atoms with Crippen molar-refractivity contribution in [1.82, 2.24) is 4.98 Å². The number of nitrogens with two attached hydrogens (primary N) is 1. The fraction of sp³-hybridized carbons (Fsp3) is 0.100. The number of benzene rings is 1. The first kappa shape index (κ1) is 13.6. The second kappa shape index (κ2) is 5.72. The van der Waals surface area contributed by atoms with E-state index in [1.165, 1.54) is 23.5 Å². The number of halogens is 1. The van der Waals surface area contributed by atoms with Crippen LogP contribution in [0, 0.1) is 10.1 Å². The van der Waals surface area contributed by atoms with Crippen LogP contribution in [-0.2, 0) is 6.54 Å². The summed E-state index contributed by atoms with van der Waals surface area (Å²) in [5.74, 6) is 0. The molecule has 1 aromatic heterocycles. The van der Waals surface area contributed by atoms with Crippen LogP contribution in [0.3, 0.4) is 0 Å².